The maximum Gasteiger partial charge on any atom is 0.425 e. The van der Waals surface area contributed by atoms with Crippen LogP contribution in [-0.4, -0.2) is 89.3 Å². The minimum Gasteiger partial charge on any atom is -0.491 e. The van der Waals surface area contributed by atoms with Gasteiger partial charge in [-0.15, -0.1) is 11.3 Å². The quantitative estimate of drug-likeness (QED) is 0.144. The van der Waals surface area contributed by atoms with Crippen LogP contribution in [0.15, 0.2) is 54.2 Å². The number of likely N-dealkylation sites (tertiary alicyclic amines) is 2. The highest BCUT2D eigenvalue weighted by molar-refractivity contribution is 7.10. The van der Waals surface area contributed by atoms with Gasteiger partial charge >= 0.3 is 12.1 Å². The first-order valence-electron chi connectivity index (χ1n) is 17.3. The van der Waals surface area contributed by atoms with Gasteiger partial charge in [-0.3, -0.25) is 19.4 Å². The average Bonchev–Trinajstić information content (AvgIpc) is 3.61. The number of aromatic nitrogens is 1. The van der Waals surface area contributed by atoms with E-state index in [9.17, 15) is 41.4 Å². The number of piperidine rings is 2. The SMILES string of the molecule is CCC[C@H]1N(C(=O)c2cnccc2C(C)(F)F)CCC[C@@]1(Oc1csc(C(F)(F)F)c1)C(=O)N1CCC(C(=O)O)(c2ccccc2OCCOC)CC1. The number of thiophene rings is 1. The Morgan fingerprint density at radius 1 is 1.04 bits per heavy atom. The number of ether oxygens (including phenoxy) is 3. The number of para-hydroxylation sites is 1. The molecule has 16 heteroatoms. The molecular weight excluding hydrogens is 725 g/mol. The predicted molar refractivity (Wildman–Crippen MR) is 184 cm³/mol. The number of hydrogen-bond donors (Lipinski definition) is 1. The third-order valence-corrected chi connectivity index (χ3v) is 10.9. The van der Waals surface area contributed by atoms with E-state index in [2.05, 4.69) is 4.98 Å². The third kappa shape index (κ3) is 8.13. The van der Waals surface area contributed by atoms with Gasteiger partial charge in [-0.05, 0) is 37.8 Å². The summed E-state index contributed by atoms with van der Waals surface area (Å²) in [6.07, 6.45) is -1.86. The first-order chi connectivity index (χ1) is 25.1. The smallest absolute Gasteiger partial charge is 0.425 e. The van der Waals surface area contributed by atoms with Gasteiger partial charge in [0.1, 0.15) is 23.0 Å². The number of carboxylic acid groups (broad SMARTS) is 1. The van der Waals surface area contributed by atoms with Gasteiger partial charge < -0.3 is 29.1 Å². The summed E-state index contributed by atoms with van der Waals surface area (Å²) < 4.78 is 87.9. The Labute approximate surface area is 307 Å². The normalized spacial score (nSPS) is 20.6. The fourth-order valence-electron chi connectivity index (χ4n) is 7.42. The highest BCUT2D eigenvalue weighted by Crippen LogP contribution is 2.45. The van der Waals surface area contributed by atoms with Gasteiger partial charge in [-0.1, -0.05) is 31.5 Å². The molecule has 10 nitrogen and oxygen atoms in total. The monoisotopic (exact) mass is 767 g/mol. The Bertz CT molecular complexity index is 1770. The molecule has 2 amide bonds. The number of carbonyl (C=O) groups is 3. The maximum atomic E-state index is 15.0. The predicted octanol–water partition coefficient (Wildman–Crippen LogP) is 7.17. The lowest BCUT2D eigenvalue weighted by molar-refractivity contribution is -0.163. The summed E-state index contributed by atoms with van der Waals surface area (Å²) in [5, 5.41) is 11.8. The fourth-order valence-corrected chi connectivity index (χ4v) is 8.10. The second kappa shape index (κ2) is 16.0. The molecule has 0 unspecified atom stereocenters. The van der Waals surface area contributed by atoms with Gasteiger partial charge in [-0.2, -0.15) is 13.2 Å². The number of alkyl halides is 5. The average molecular weight is 768 g/mol. The van der Waals surface area contributed by atoms with E-state index in [1.807, 2.05) is 0 Å². The summed E-state index contributed by atoms with van der Waals surface area (Å²) in [6, 6.07) is 7.51. The molecule has 0 saturated carbocycles. The van der Waals surface area contributed by atoms with Gasteiger partial charge in [0.25, 0.3) is 17.7 Å². The topological polar surface area (TPSA) is 119 Å². The maximum absolute atomic E-state index is 15.0. The van der Waals surface area contributed by atoms with Gasteiger partial charge in [0.2, 0.25) is 5.60 Å². The zero-order valence-electron chi connectivity index (χ0n) is 29.6. The second-order valence-corrected chi connectivity index (χ2v) is 14.3. The summed E-state index contributed by atoms with van der Waals surface area (Å²) in [4.78, 5) is 47.9. The standard InChI is InChI=1S/C37H42F5N3O7S/c1-4-8-29-36(52-24-21-30(53-23-24)37(40,41)42,12-7-16-45(29)31(46)25-22-43-15-11-26(25)34(2,38)39)32(47)44-17-13-35(14-18-44,33(48)49)27-9-5-6-10-28(27)51-20-19-50-3/h5-6,9-11,15,21-23,29H,4,7-8,12-14,16-20H2,1-3H3,(H,48,49)/t29-,36+/m1/s1. The lowest BCUT2D eigenvalue weighted by Gasteiger charge is -2.51. The minimum absolute atomic E-state index is 0.00193. The van der Waals surface area contributed by atoms with Crippen molar-refractivity contribution in [3.63, 3.8) is 0 Å². The van der Waals surface area contributed by atoms with Crippen LogP contribution < -0.4 is 9.47 Å². The van der Waals surface area contributed by atoms with Crippen LogP contribution >= 0.6 is 11.3 Å². The molecule has 2 aliphatic heterocycles. The molecule has 2 atom stereocenters. The number of hydrogen-bond acceptors (Lipinski definition) is 8. The first kappa shape index (κ1) is 39.9. The molecule has 2 fully saturated rings. The van der Waals surface area contributed by atoms with Crippen LogP contribution in [0, 0.1) is 0 Å². The number of nitrogens with zero attached hydrogens (tertiary/aromatic N) is 3. The number of aliphatic carboxylic acids is 1. The van der Waals surface area contributed by atoms with Crippen molar-refractivity contribution in [2.75, 3.05) is 40.0 Å². The summed E-state index contributed by atoms with van der Waals surface area (Å²) in [5.41, 5.74) is -3.87. The molecule has 4 heterocycles. The molecule has 0 bridgehead atoms. The van der Waals surface area contributed by atoms with E-state index in [1.165, 1.54) is 16.9 Å². The number of methoxy groups -OCH3 is 1. The number of benzene rings is 1. The Morgan fingerprint density at radius 3 is 2.38 bits per heavy atom. The molecule has 0 spiro atoms. The molecule has 1 N–H and O–H groups in total. The number of halogens is 5. The first-order valence-corrected chi connectivity index (χ1v) is 18.2. The molecule has 5 rings (SSSR count). The largest absolute Gasteiger partial charge is 0.491 e. The second-order valence-electron chi connectivity index (χ2n) is 13.4. The van der Waals surface area contributed by atoms with Gasteiger partial charge in [-0.25, -0.2) is 8.78 Å². The molecular formula is C37H42F5N3O7S. The van der Waals surface area contributed by atoms with Crippen molar-refractivity contribution in [3.8, 4) is 11.5 Å². The van der Waals surface area contributed by atoms with Crippen LogP contribution in [0.4, 0.5) is 22.0 Å². The van der Waals surface area contributed by atoms with Crippen molar-refractivity contribution in [3.05, 3.63) is 75.7 Å². The zero-order chi connectivity index (χ0) is 38.6. The molecule has 0 aliphatic carbocycles. The molecule has 1 aromatic carbocycles. The van der Waals surface area contributed by atoms with E-state index in [-0.39, 0.29) is 76.3 Å². The van der Waals surface area contributed by atoms with Crippen molar-refractivity contribution < 1.29 is 55.7 Å². The highest BCUT2D eigenvalue weighted by atomic mass is 32.1. The third-order valence-electron chi connectivity index (χ3n) is 9.99. The lowest BCUT2D eigenvalue weighted by atomic mass is 9.71. The molecule has 2 aliphatic rings. The van der Waals surface area contributed by atoms with Crippen molar-refractivity contribution in [2.45, 2.75) is 81.5 Å². The molecule has 288 valence electrons. The Hall–Kier alpha value is -4.31. The molecule has 0 radical (unpaired) electrons. The summed E-state index contributed by atoms with van der Waals surface area (Å²) >= 11 is 0.391. The zero-order valence-corrected chi connectivity index (χ0v) is 30.4. The molecule has 2 aromatic heterocycles. The Kier molecular flexibility index (Phi) is 12.0. The van der Waals surface area contributed by atoms with E-state index in [0.29, 0.717) is 36.0 Å². The molecule has 3 aromatic rings. The van der Waals surface area contributed by atoms with Crippen LogP contribution in [-0.2, 0) is 31.8 Å². The minimum atomic E-state index is -4.68. The van der Waals surface area contributed by atoms with Crippen LogP contribution in [0.25, 0.3) is 0 Å². The van der Waals surface area contributed by atoms with E-state index in [4.69, 9.17) is 14.2 Å². The van der Waals surface area contributed by atoms with Crippen molar-refractivity contribution >= 4 is 29.1 Å². The van der Waals surface area contributed by atoms with Crippen LogP contribution in [0.2, 0.25) is 0 Å². The highest BCUT2D eigenvalue weighted by Gasteiger charge is 2.57. The summed E-state index contributed by atoms with van der Waals surface area (Å²) in [5.74, 6) is -5.84. The molecule has 2 saturated heterocycles. The van der Waals surface area contributed by atoms with Gasteiger partial charge in [0.15, 0.2) is 0 Å². The van der Waals surface area contributed by atoms with Crippen LogP contribution in [0.3, 0.4) is 0 Å². The fraction of sp³-hybridized carbons (Fsp3) is 0.514. The van der Waals surface area contributed by atoms with E-state index in [1.54, 1.807) is 31.2 Å². The van der Waals surface area contributed by atoms with E-state index in [0.717, 1.165) is 29.9 Å². The van der Waals surface area contributed by atoms with E-state index >= 15 is 0 Å². The number of carboxylic acids is 1. The molecule has 53 heavy (non-hydrogen) atoms. The van der Waals surface area contributed by atoms with Gasteiger partial charge in [0.05, 0.1) is 23.6 Å². The van der Waals surface area contributed by atoms with Crippen LogP contribution in [0.1, 0.15) is 78.7 Å². The summed E-state index contributed by atoms with van der Waals surface area (Å²) in [7, 11) is 1.51. The number of pyridine rings is 1. The number of carbonyl (C=O) groups excluding carboxylic acids is 2. The van der Waals surface area contributed by atoms with Crippen molar-refractivity contribution in [1.82, 2.24) is 14.8 Å². The van der Waals surface area contributed by atoms with E-state index < -0.39 is 57.4 Å². The summed E-state index contributed by atoms with van der Waals surface area (Å²) in [6.45, 7) is 2.82. The van der Waals surface area contributed by atoms with Gasteiger partial charge in [0, 0.05) is 75.1 Å². The lowest BCUT2D eigenvalue weighted by Crippen LogP contribution is -2.69. The Balaban J connectivity index is 1.54. The van der Waals surface area contributed by atoms with Crippen molar-refractivity contribution in [2.24, 2.45) is 0 Å². The van der Waals surface area contributed by atoms with Crippen molar-refractivity contribution in [1.29, 1.82) is 0 Å². The number of amides is 2. The number of rotatable bonds is 13. The van der Waals surface area contributed by atoms with Crippen LogP contribution in [0.5, 0.6) is 11.5 Å². The Morgan fingerprint density at radius 2 is 1.75 bits per heavy atom.